The minimum absolute atomic E-state index is 0.0289. The van der Waals surface area contributed by atoms with E-state index in [1.165, 1.54) is 4.68 Å². The second-order valence-electron chi connectivity index (χ2n) is 3.97. The van der Waals surface area contributed by atoms with Crippen molar-refractivity contribution in [2.24, 2.45) is 5.92 Å². The van der Waals surface area contributed by atoms with Crippen LogP contribution in [0.2, 0.25) is 0 Å². The van der Waals surface area contributed by atoms with E-state index < -0.39 is 0 Å². The van der Waals surface area contributed by atoms with Crippen molar-refractivity contribution >= 4 is 11.7 Å². The van der Waals surface area contributed by atoms with E-state index >= 15 is 0 Å². The second kappa shape index (κ2) is 5.38. The van der Waals surface area contributed by atoms with Gasteiger partial charge in [-0.25, -0.2) is 0 Å². The van der Waals surface area contributed by atoms with Crippen LogP contribution < -0.4 is 11.1 Å². The predicted octanol–water partition coefficient (Wildman–Crippen LogP) is 0.628. The van der Waals surface area contributed by atoms with Crippen LogP contribution in [0.4, 0.5) is 5.82 Å². The van der Waals surface area contributed by atoms with Gasteiger partial charge in [0.1, 0.15) is 12.4 Å². The Labute approximate surface area is 89.6 Å². The van der Waals surface area contributed by atoms with Gasteiger partial charge < -0.3 is 11.1 Å². The van der Waals surface area contributed by atoms with Gasteiger partial charge in [-0.05, 0) is 18.4 Å². The molecule has 0 unspecified atom stereocenters. The molecule has 84 valence electrons. The third-order valence-corrected chi connectivity index (χ3v) is 2.01. The first kappa shape index (κ1) is 11.6. The molecule has 0 aromatic carbocycles. The van der Waals surface area contributed by atoms with Crippen molar-refractivity contribution in [2.75, 3.05) is 12.3 Å². The number of amides is 1. The lowest BCUT2D eigenvalue weighted by Crippen LogP contribution is -2.29. The number of nitrogens with zero attached hydrogens (tertiary/aromatic N) is 2. The molecule has 0 saturated carbocycles. The number of hydrogen-bond acceptors (Lipinski definition) is 3. The van der Waals surface area contributed by atoms with E-state index in [2.05, 4.69) is 24.3 Å². The maximum absolute atomic E-state index is 11.4. The first-order valence-electron chi connectivity index (χ1n) is 5.13. The molecule has 0 saturated heterocycles. The summed E-state index contributed by atoms with van der Waals surface area (Å²) in [6.07, 6.45) is 2.68. The Hall–Kier alpha value is -1.52. The average Bonchev–Trinajstić information content (AvgIpc) is 2.50. The molecule has 0 fully saturated rings. The molecule has 1 aromatic rings. The molecule has 0 aliphatic rings. The van der Waals surface area contributed by atoms with Crippen LogP contribution in [0.1, 0.15) is 20.3 Å². The lowest BCUT2D eigenvalue weighted by Gasteiger charge is -2.06. The van der Waals surface area contributed by atoms with Crippen LogP contribution in [0.5, 0.6) is 0 Å². The molecule has 0 aliphatic carbocycles. The Balaban J connectivity index is 2.24. The SMILES string of the molecule is CC(C)CCNC(=O)Cn1ccc(N)n1. The molecular formula is C10H18N4O. The smallest absolute Gasteiger partial charge is 0.241 e. The Bertz CT molecular complexity index is 319. The van der Waals surface area contributed by atoms with Gasteiger partial charge in [-0.2, -0.15) is 5.10 Å². The molecule has 1 heterocycles. The minimum atomic E-state index is -0.0289. The maximum atomic E-state index is 11.4. The molecule has 15 heavy (non-hydrogen) atoms. The van der Waals surface area contributed by atoms with E-state index in [-0.39, 0.29) is 12.5 Å². The number of nitrogens with one attached hydrogen (secondary N) is 1. The standard InChI is InChI=1S/C10H18N4O/c1-8(2)3-5-12-10(15)7-14-6-4-9(11)13-14/h4,6,8H,3,5,7H2,1-2H3,(H2,11,13)(H,12,15). The number of hydrogen-bond donors (Lipinski definition) is 2. The fraction of sp³-hybridized carbons (Fsp3) is 0.600. The molecule has 5 nitrogen and oxygen atoms in total. The largest absolute Gasteiger partial charge is 0.382 e. The monoisotopic (exact) mass is 210 g/mol. The number of rotatable bonds is 5. The van der Waals surface area contributed by atoms with E-state index in [0.717, 1.165) is 6.42 Å². The van der Waals surface area contributed by atoms with Crippen molar-refractivity contribution in [2.45, 2.75) is 26.8 Å². The van der Waals surface area contributed by atoms with E-state index in [1.807, 2.05) is 0 Å². The van der Waals surface area contributed by atoms with Crippen LogP contribution in [0.25, 0.3) is 0 Å². The van der Waals surface area contributed by atoms with Gasteiger partial charge in [0.05, 0.1) is 0 Å². The number of anilines is 1. The van der Waals surface area contributed by atoms with Crippen molar-refractivity contribution in [1.29, 1.82) is 0 Å². The zero-order valence-corrected chi connectivity index (χ0v) is 9.23. The number of nitrogen functional groups attached to an aromatic ring is 1. The molecule has 0 atom stereocenters. The summed E-state index contributed by atoms with van der Waals surface area (Å²) in [5.41, 5.74) is 5.43. The van der Waals surface area contributed by atoms with Crippen molar-refractivity contribution in [3.05, 3.63) is 12.3 Å². The number of carbonyl (C=O) groups excluding carboxylic acids is 1. The first-order chi connectivity index (χ1) is 7.08. The molecule has 1 aromatic heterocycles. The quantitative estimate of drug-likeness (QED) is 0.748. The molecule has 1 amide bonds. The summed E-state index contributed by atoms with van der Waals surface area (Å²) in [7, 11) is 0. The van der Waals surface area contributed by atoms with Gasteiger partial charge in [-0.15, -0.1) is 0 Å². The second-order valence-corrected chi connectivity index (χ2v) is 3.97. The average molecular weight is 210 g/mol. The van der Waals surface area contributed by atoms with Crippen LogP contribution >= 0.6 is 0 Å². The Morgan fingerprint density at radius 1 is 1.67 bits per heavy atom. The molecule has 0 spiro atoms. The third kappa shape index (κ3) is 4.49. The predicted molar refractivity (Wildman–Crippen MR) is 59.1 cm³/mol. The van der Waals surface area contributed by atoms with Crippen LogP contribution in [-0.4, -0.2) is 22.2 Å². The number of nitrogens with two attached hydrogens (primary N) is 1. The Kier molecular flexibility index (Phi) is 4.15. The molecule has 0 radical (unpaired) electrons. The molecule has 3 N–H and O–H groups in total. The molecule has 1 rings (SSSR count). The van der Waals surface area contributed by atoms with Gasteiger partial charge in [-0.1, -0.05) is 13.8 Å². The summed E-state index contributed by atoms with van der Waals surface area (Å²) in [5.74, 6) is 1.01. The summed E-state index contributed by atoms with van der Waals surface area (Å²) < 4.78 is 1.53. The van der Waals surface area contributed by atoms with Crippen molar-refractivity contribution < 1.29 is 4.79 Å². The van der Waals surface area contributed by atoms with Gasteiger partial charge in [0, 0.05) is 12.7 Å². The van der Waals surface area contributed by atoms with E-state index in [1.54, 1.807) is 12.3 Å². The summed E-state index contributed by atoms with van der Waals surface area (Å²) in [4.78, 5) is 11.4. The lowest BCUT2D eigenvalue weighted by atomic mass is 10.1. The van der Waals surface area contributed by atoms with Crippen LogP contribution in [0, 0.1) is 5.92 Å². The summed E-state index contributed by atoms with van der Waals surface area (Å²) in [6.45, 7) is 5.20. The summed E-state index contributed by atoms with van der Waals surface area (Å²) in [6, 6.07) is 1.67. The third-order valence-electron chi connectivity index (χ3n) is 2.01. The molecule has 0 bridgehead atoms. The topological polar surface area (TPSA) is 72.9 Å². The molecule has 5 heteroatoms. The molecular weight excluding hydrogens is 192 g/mol. The number of carbonyl (C=O) groups is 1. The zero-order chi connectivity index (χ0) is 11.3. The van der Waals surface area contributed by atoms with Crippen LogP contribution in [-0.2, 0) is 11.3 Å². The Morgan fingerprint density at radius 3 is 2.93 bits per heavy atom. The highest BCUT2D eigenvalue weighted by atomic mass is 16.2. The van der Waals surface area contributed by atoms with Gasteiger partial charge in [0.15, 0.2) is 0 Å². The van der Waals surface area contributed by atoms with Crippen LogP contribution in [0.3, 0.4) is 0 Å². The Morgan fingerprint density at radius 2 is 2.40 bits per heavy atom. The van der Waals surface area contributed by atoms with Gasteiger partial charge >= 0.3 is 0 Å². The minimum Gasteiger partial charge on any atom is -0.382 e. The van der Waals surface area contributed by atoms with E-state index in [0.29, 0.717) is 18.3 Å². The van der Waals surface area contributed by atoms with Crippen molar-refractivity contribution in [1.82, 2.24) is 15.1 Å². The summed E-state index contributed by atoms with van der Waals surface area (Å²) in [5, 5.41) is 6.76. The van der Waals surface area contributed by atoms with Crippen molar-refractivity contribution in [3.63, 3.8) is 0 Å². The van der Waals surface area contributed by atoms with Gasteiger partial charge in [-0.3, -0.25) is 9.48 Å². The normalized spacial score (nSPS) is 10.6. The van der Waals surface area contributed by atoms with Gasteiger partial charge in [0.2, 0.25) is 5.91 Å². The number of aromatic nitrogens is 2. The highest BCUT2D eigenvalue weighted by molar-refractivity contribution is 5.75. The fourth-order valence-corrected chi connectivity index (χ4v) is 1.17. The zero-order valence-electron chi connectivity index (χ0n) is 9.23. The molecule has 0 aliphatic heterocycles. The highest BCUT2D eigenvalue weighted by Crippen LogP contribution is 1.97. The van der Waals surface area contributed by atoms with Crippen molar-refractivity contribution in [3.8, 4) is 0 Å². The maximum Gasteiger partial charge on any atom is 0.241 e. The van der Waals surface area contributed by atoms with Crippen LogP contribution in [0.15, 0.2) is 12.3 Å². The van der Waals surface area contributed by atoms with E-state index in [9.17, 15) is 4.79 Å². The highest BCUT2D eigenvalue weighted by Gasteiger charge is 2.03. The lowest BCUT2D eigenvalue weighted by molar-refractivity contribution is -0.121. The summed E-state index contributed by atoms with van der Waals surface area (Å²) >= 11 is 0. The van der Waals surface area contributed by atoms with E-state index in [4.69, 9.17) is 5.73 Å². The van der Waals surface area contributed by atoms with Gasteiger partial charge in [0.25, 0.3) is 0 Å². The fourth-order valence-electron chi connectivity index (χ4n) is 1.17. The first-order valence-corrected chi connectivity index (χ1v) is 5.13.